The lowest BCUT2D eigenvalue weighted by molar-refractivity contribution is -0.363. The minimum Gasteiger partial charge on any atom is -0.437 e. The molecule has 0 spiro atoms. The topological polar surface area (TPSA) is 107 Å². The number of esters is 2. The van der Waals surface area contributed by atoms with Gasteiger partial charge in [-0.2, -0.15) is 34.8 Å². The standard InChI is InChI=1S/C18H15F6I3O7S/c19-17(20,21)16(18(22,23)24,8-35(30,31)32)34-14(29)15(4-2-1-3-5-15)13(28)33-12-10(26)6-9(25)7-11(12)27/h6-7H,1-5,8H2,(H,30,31,32). The van der Waals surface area contributed by atoms with Crippen LogP contribution in [-0.4, -0.2) is 48.6 Å². The van der Waals surface area contributed by atoms with Gasteiger partial charge in [-0.05, 0) is 92.7 Å². The van der Waals surface area contributed by atoms with Crippen LogP contribution < -0.4 is 4.74 Å². The summed E-state index contributed by atoms with van der Waals surface area (Å²) in [4.78, 5) is 26.1. The number of carbonyl (C=O) groups excluding carboxylic acids is 2. The Hall–Kier alpha value is -0.160. The van der Waals surface area contributed by atoms with Gasteiger partial charge in [-0.3, -0.25) is 14.1 Å². The van der Waals surface area contributed by atoms with E-state index in [1.54, 1.807) is 57.3 Å². The van der Waals surface area contributed by atoms with Crippen LogP contribution in [0.3, 0.4) is 0 Å². The van der Waals surface area contributed by atoms with Gasteiger partial charge in [-0.15, -0.1) is 0 Å². The molecule has 1 aliphatic carbocycles. The number of hydrogen-bond acceptors (Lipinski definition) is 6. The van der Waals surface area contributed by atoms with Gasteiger partial charge in [0.15, 0.2) is 11.2 Å². The third-order valence-corrected chi connectivity index (χ3v) is 8.21. The van der Waals surface area contributed by atoms with Gasteiger partial charge in [0, 0.05) is 3.57 Å². The van der Waals surface area contributed by atoms with Crippen molar-refractivity contribution in [1.82, 2.24) is 0 Å². The van der Waals surface area contributed by atoms with Crippen LogP contribution in [0.15, 0.2) is 12.1 Å². The number of carbonyl (C=O) groups is 2. The van der Waals surface area contributed by atoms with Gasteiger partial charge in [0.05, 0.1) is 7.14 Å². The van der Waals surface area contributed by atoms with Crippen molar-refractivity contribution >= 4 is 89.8 Å². The van der Waals surface area contributed by atoms with Crippen molar-refractivity contribution in [1.29, 1.82) is 0 Å². The third kappa shape index (κ3) is 6.84. The summed E-state index contributed by atoms with van der Waals surface area (Å²) in [7, 11) is -5.96. The van der Waals surface area contributed by atoms with Gasteiger partial charge in [0.1, 0.15) is 5.75 Å². The normalized spacial score (nSPS) is 17.1. The molecule has 35 heavy (non-hydrogen) atoms. The van der Waals surface area contributed by atoms with Crippen molar-refractivity contribution < 1.29 is 58.4 Å². The monoisotopic (exact) mass is 870 g/mol. The van der Waals surface area contributed by atoms with E-state index in [1.807, 2.05) is 22.6 Å². The molecule has 0 atom stereocenters. The molecule has 198 valence electrons. The summed E-state index contributed by atoms with van der Waals surface area (Å²) in [5.41, 5.74) is -8.17. The van der Waals surface area contributed by atoms with E-state index in [-0.39, 0.29) is 18.6 Å². The summed E-state index contributed by atoms with van der Waals surface area (Å²) < 4.78 is 124. The van der Waals surface area contributed by atoms with Gasteiger partial charge in [-0.25, -0.2) is 0 Å². The summed E-state index contributed by atoms with van der Waals surface area (Å²) >= 11 is 5.57. The second kappa shape index (κ2) is 10.9. The fraction of sp³-hybridized carbons (Fsp3) is 0.556. The quantitative estimate of drug-likeness (QED) is 0.0985. The van der Waals surface area contributed by atoms with Crippen LogP contribution in [0.4, 0.5) is 26.3 Å². The Kier molecular flexibility index (Phi) is 9.68. The molecule has 1 saturated carbocycles. The zero-order chi connectivity index (χ0) is 27.0. The zero-order valence-electron chi connectivity index (χ0n) is 17.1. The van der Waals surface area contributed by atoms with E-state index < -0.39 is 64.0 Å². The first-order valence-corrected chi connectivity index (χ1v) is 14.3. The van der Waals surface area contributed by atoms with E-state index in [2.05, 4.69) is 4.74 Å². The fourth-order valence-corrected chi connectivity index (χ4v) is 8.15. The van der Waals surface area contributed by atoms with Crippen LogP contribution in [0.2, 0.25) is 0 Å². The maximum absolute atomic E-state index is 13.7. The maximum Gasteiger partial charge on any atom is 0.438 e. The largest absolute Gasteiger partial charge is 0.438 e. The molecule has 1 fully saturated rings. The Morgan fingerprint density at radius 2 is 1.37 bits per heavy atom. The highest BCUT2D eigenvalue weighted by molar-refractivity contribution is 14.1. The molecule has 0 aromatic heterocycles. The Morgan fingerprint density at radius 3 is 1.77 bits per heavy atom. The van der Waals surface area contributed by atoms with Crippen molar-refractivity contribution in [3.63, 3.8) is 0 Å². The predicted molar refractivity (Wildman–Crippen MR) is 133 cm³/mol. The van der Waals surface area contributed by atoms with Crippen molar-refractivity contribution in [2.24, 2.45) is 5.41 Å². The molecular formula is C18H15F6I3O7S. The van der Waals surface area contributed by atoms with Crippen molar-refractivity contribution in [3.8, 4) is 5.75 Å². The van der Waals surface area contributed by atoms with Crippen LogP contribution in [-0.2, 0) is 24.4 Å². The molecule has 0 amide bonds. The summed E-state index contributed by atoms with van der Waals surface area (Å²) in [5, 5.41) is 0. The fourth-order valence-electron chi connectivity index (χ4n) is 3.45. The van der Waals surface area contributed by atoms with E-state index in [4.69, 9.17) is 9.29 Å². The van der Waals surface area contributed by atoms with Gasteiger partial charge in [-0.1, -0.05) is 19.3 Å². The van der Waals surface area contributed by atoms with Crippen molar-refractivity contribution in [3.05, 3.63) is 22.8 Å². The van der Waals surface area contributed by atoms with E-state index in [0.29, 0.717) is 13.6 Å². The minimum atomic E-state index is -6.50. The molecule has 0 unspecified atom stereocenters. The van der Waals surface area contributed by atoms with E-state index >= 15 is 0 Å². The smallest absolute Gasteiger partial charge is 0.437 e. The lowest BCUT2D eigenvalue weighted by atomic mass is 9.74. The van der Waals surface area contributed by atoms with E-state index in [9.17, 15) is 44.3 Å². The Bertz CT molecular complexity index is 1060. The Labute approximate surface area is 236 Å². The van der Waals surface area contributed by atoms with Crippen molar-refractivity contribution in [2.75, 3.05) is 5.75 Å². The lowest BCUT2D eigenvalue weighted by Gasteiger charge is -2.39. The molecule has 17 heteroatoms. The molecular weight excluding hydrogens is 855 g/mol. The number of halogens is 9. The Morgan fingerprint density at radius 1 is 0.914 bits per heavy atom. The number of benzene rings is 1. The lowest BCUT2D eigenvalue weighted by Crippen LogP contribution is -2.65. The molecule has 0 bridgehead atoms. The average molecular weight is 870 g/mol. The first-order valence-electron chi connectivity index (χ1n) is 9.45. The third-order valence-electron chi connectivity index (χ3n) is 5.21. The summed E-state index contributed by atoms with van der Waals surface area (Å²) in [6.07, 6.45) is -13.4. The molecule has 7 nitrogen and oxygen atoms in total. The highest BCUT2D eigenvalue weighted by Crippen LogP contribution is 2.49. The molecule has 0 radical (unpaired) electrons. The highest BCUT2D eigenvalue weighted by atomic mass is 127. The van der Waals surface area contributed by atoms with Gasteiger partial charge >= 0.3 is 29.9 Å². The van der Waals surface area contributed by atoms with Gasteiger partial charge in [0.2, 0.25) is 0 Å². The number of ether oxygens (including phenoxy) is 2. The van der Waals surface area contributed by atoms with Crippen LogP contribution in [0.5, 0.6) is 5.75 Å². The van der Waals surface area contributed by atoms with Gasteiger partial charge in [0.25, 0.3) is 10.1 Å². The first-order chi connectivity index (χ1) is 15.8. The second-order valence-corrected chi connectivity index (χ2v) is 12.7. The van der Waals surface area contributed by atoms with Crippen LogP contribution in [0, 0.1) is 16.1 Å². The maximum atomic E-state index is 13.7. The predicted octanol–water partition coefficient (Wildman–Crippen LogP) is 5.65. The Balaban J connectivity index is 2.58. The summed E-state index contributed by atoms with van der Waals surface area (Å²) in [6, 6.07) is 3.17. The molecule has 0 saturated heterocycles. The zero-order valence-corrected chi connectivity index (χ0v) is 24.4. The highest BCUT2D eigenvalue weighted by Gasteiger charge is 2.76. The number of alkyl halides is 6. The molecule has 0 heterocycles. The molecule has 0 aliphatic heterocycles. The summed E-state index contributed by atoms with van der Waals surface area (Å²) in [6.45, 7) is 0. The number of rotatable bonds is 6. The van der Waals surface area contributed by atoms with E-state index in [0.717, 1.165) is 3.57 Å². The van der Waals surface area contributed by atoms with E-state index in [1.165, 1.54) is 0 Å². The number of hydrogen-bond donors (Lipinski definition) is 1. The van der Waals surface area contributed by atoms with Crippen LogP contribution >= 0.6 is 67.8 Å². The van der Waals surface area contributed by atoms with Crippen molar-refractivity contribution in [2.45, 2.75) is 50.1 Å². The van der Waals surface area contributed by atoms with Crippen LogP contribution in [0.1, 0.15) is 32.1 Å². The molecule has 1 aliphatic rings. The molecule has 1 aromatic carbocycles. The minimum absolute atomic E-state index is 0.0507. The molecule has 1 N–H and O–H groups in total. The molecule has 1 aromatic rings. The summed E-state index contributed by atoms with van der Waals surface area (Å²) in [5.74, 6) is -6.75. The molecule has 2 rings (SSSR count). The average Bonchev–Trinajstić information content (AvgIpc) is 2.67. The van der Waals surface area contributed by atoms with Crippen LogP contribution in [0.25, 0.3) is 0 Å². The first kappa shape index (κ1) is 31.1. The second-order valence-electron chi connectivity index (χ2n) is 7.67. The SMILES string of the molecule is O=C(Oc1c(I)cc(I)cc1I)C1(C(=O)OC(CS(=O)(=O)O)(C(F)(F)F)C(F)(F)F)CCCCC1. The van der Waals surface area contributed by atoms with Gasteiger partial charge < -0.3 is 9.47 Å².